The maximum Gasteiger partial charge on any atom is 0.159 e. The lowest BCUT2D eigenvalue weighted by Gasteiger charge is -2.10. The van der Waals surface area contributed by atoms with Crippen molar-refractivity contribution in [2.45, 2.75) is 13.8 Å². The molecule has 0 atom stereocenters. The Labute approximate surface area is 107 Å². The van der Waals surface area contributed by atoms with Gasteiger partial charge >= 0.3 is 0 Å². The summed E-state index contributed by atoms with van der Waals surface area (Å²) in [7, 11) is 0. The molecule has 0 aromatic carbocycles. The summed E-state index contributed by atoms with van der Waals surface area (Å²) in [6.07, 6.45) is 1.56. The van der Waals surface area contributed by atoms with Crippen LogP contribution >= 0.6 is 12.2 Å². The minimum absolute atomic E-state index is 0.311. The fourth-order valence-corrected chi connectivity index (χ4v) is 1.39. The average molecular weight is 254 g/mol. The van der Waals surface area contributed by atoms with Crippen LogP contribution in [0, 0.1) is 5.92 Å². The van der Waals surface area contributed by atoms with Crippen LogP contribution in [0.15, 0.2) is 12.3 Å². The third-order valence-electron chi connectivity index (χ3n) is 1.98. The molecule has 1 aromatic heterocycles. The summed E-state index contributed by atoms with van der Waals surface area (Å²) in [5, 5.41) is 10.8. The molecule has 0 radical (unpaired) electrons. The van der Waals surface area contributed by atoms with Gasteiger partial charge < -0.3 is 15.8 Å². The Morgan fingerprint density at radius 1 is 1.59 bits per heavy atom. The molecule has 5 nitrogen and oxygen atoms in total. The topological polar surface area (TPSA) is 73.1 Å². The number of nitrogens with zero attached hydrogens (tertiary/aromatic N) is 2. The van der Waals surface area contributed by atoms with E-state index in [0.29, 0.717) is 35.4 Å². The molecule has 3 N–H and O–H groups in total. The van der Waals surface area contributed by atoms with Crippen molar-refractivity contribution in [3.8, 4) is 0 Å². The standard InChI is InChI=1S/C11H18N4OS/c1-8(2)7-16-6-5-13-11-9(10(12)17)3-4-14-15-11/h3-4,8H,5-7H2,1-2H3,(H2,12,17)(H,13,15). The first kappa shape index (κ1) is 13.8. The molecule has 0 saturated carbocycles. The molecule has 0 aliphatic carbocycles. The molecule has 0 bridgehead atoms. The van der Waals surface area contributed by atoms with Crippen LogP contribution in [0.25, 0.3) is 0 Å². The highest BCUT2D eigenvalue weighted by molar-refractivity contribution is 7.80. The Bertz CT molecular complexity index is 370. The number of nitrogens with two attached hydrogens (primary N) is 1. The van der Waals surface area contributed by atoms with Crippen molar-refractivity contribution in [2.24, 2.45) is 11.7 Å². The van der Waals surface area contributed by atoms with Gasteiger partial charge in [0.25, 0.3) is 0 Å². The van der Waals surface area contributed by atoms with Gasteiger partial charge in [-0.3, -0.25) is 0 Å². The minimum atomic E-state index is 0.311. The Hall–Kier alpha value is -1.27. The van der Waals surface area contributed by atoms with E-state index in [0.717, 1.165) is 6.61 Å². The third-order valence-corrected chi connectivity index (χ3v) is 2.20. The largest absolute Gasteiger partial charge is 0.389 e. The van der Waals surface area contributed by atoms with Crippen molar-refractivity contribution in [3.63, 3.8) is 0 Å². The van der Waals surface area contributed by atoms with Gasteiger partial charge in [-0.1, -0.05) is 26.1 Å². The van der Waals surface area contributed by atoms with Crippen LogP contribution in [0.1, 0.15) is 19.4 Å². The van der Waals surface area contributed by atoms with Gasteiger partial charge in [0.15, 0.2) is 5.82 Å². The summed E-state index contributed by atoms with van der Waals surface area (Å²) in [6, 6.07) is 1.74. The number of aromatic nitrogens is 2. The van der Waals surface area contributed by atoms with E-state index < -0.39 is 0 Å². The molecule has 0 amide bonds. The summed E-state index contributed by atoms with van der Waals surface area (Å²) < 4.78 is 5.44. The zero-order valence-electron chi connectivity index (χ0n) is 10.1. The summed E-state index contributed by atoms with van der Waals surface area (Å²) in [4.78, 5) is 0.311. The molecule has 0 spiro atoms. The van der Waals surface area contributed by atoms with E-state index in [1.165, 1.54) is 0 Å². The van der Waals surface area contributed by atoms with Crippen molar-refractivity contribution in [2.75, 3.05) is 25.1 Å². The number of rotatable bonds is 7. The van der Waals surface area contributed by atoms with Gasteiger partial charge in [-0.05, 0) is 12.0 Å². The van der Waals surface area contributed by atoms with Crippen LogP contribution in [0.3, 0.4) is 0 Å². The molecule has 1 heterocycles. The Balaban J connectivity index is 2.39. The van der Waals surface area contributed by atoms with E-state index >= 15 is 0 Å². The molecule has 1 aromatic rings. The lowest BCUT2D eigenvalue weighted by molar-refractivity contribution is 0.118. The van der Waals surface area contributed by atoms with Crippen molar-refractivity contribution in [1.82, 2.24) is 10.2 Å². The molecule has 0 fully saturated rings. The van der Waals surface area contributed by atoms with Gasteiger partial charge in [0.2, 0.25) is 0 Å². The summed E-state index contributed by atoms with van der Waals surface area (Å²) in [6.45, 7) is 6.25. The smallest absolute Gasteiger partial charge is 0.159 e. The molecule has 0 saturated heterocycles. The zero-order chi connectivity index (χ0) is 12.7. The molecule has 0 aliphatic heterocycles. The zero-order valence-corrected chi connectivity index (χ0v) is 11.0. The highest BCUT2D eigenvalue weighted by Crippen LogP contribution is 2.09. The molecule has 17 heavy (non-hydrogen) atoms. The third kappa shape index (κ3) is 5.06. The number of anilines is 1. The minimum Gasteiger partial charge on any atom is -0.389 e. The molecule has 94 valence electrons. The summed E-state index contributed by atoms with van der Waals surface area (Å²) >= 11 is 4.92. The van der Waals surface area contributed by atoms with E-state index in [9.17, 15) is 0 Å². The lowest BCUT2D eigenvalue weighted by Crippen LogP contribution is -2.18. The van der Waals surface area contributed by atoms with Gasteiger partial charge in [-0.25, -0.2) is 0 Å². The average Bonchev–Trinajstić information content (AvgIpc) is 2.28. The molecule has 1 rings (SSSR count). The summed E-state index contributed by atoms with van der Waals surface area (Å²) in [5.74, 6) is 1.15. The Kier molecular flexibility index (Phi) is 5.79. The van der Waals surface area contributed by atoms with E-state index in [1.54, 1.807) is 12.3 Å². The van der Waals surface area contributed by atoms with E-state index in [2.05, 4.69) is 29.4 Å². The van der Waals surface area contributed by atoms with Crippen LogP contribution < -0.4 is 11.1 Å². The molecule has 6 heteroatoms. The predicted molar refractivity (Wildman–Crippen MR) is 72.1 cm³/mol. The van der Waals surface area contributed by atoms with Gasteiger partial charge in [-0.15, -0.1) is 5.10 Å². The first-order valence-electron chi connectivity index (χ1n) is 5.54. The fourth-order valence-electron chi connectivity index (χ4n) is 1.22. The van der Waals surface area contributed by atoms with Gasteiger partial charge in [-0.2, -0.15) is 5.10 Å². The van der Waals surface area contributed by atoms with Crippen LogP contribution in [0.5, 0.6) is 0 Å². The second kappa shape index (κ2) is 7.13. The Morgan fingerprint density at radius 3 is 3.00 bits per heavy atom. The fraction of sp³-hybridized carbons (Fsp3) is 0.545. The quantitative estimate of drug-likeness (QED) is 0.562. The normalized spacial score (nSPS) is 10.5. The number of nitrogens with one attached hydrogen (secondary N) is 1. The van der Waals surface area contributed by atoms with Crippen molar-refractivity contribution in [1.29, 1.82) is 0 Å². The van der Waals surface area contributed by atoms with E-state index in [1.807, 2.05) is 0 Å². The number of ether oxygens (including phenoxy) is 1. The number of thiocarbonyl (C=S) groups is 1. The van der Waals surface area contributed by atoms with Gasteiger partial charge in [0, 0.05) is 13.2 Å². The second-order valence-electron chi connectivity index (χ2n) is 4.05. The Morgan fingerprint density at radius 2 is 2.35 bits per heavy atom. The summed E-state index contributed by atoms with van der Waals surface area (Å²) in [5.41, 5.74) is 6.28. The van der Waals surface area contributed by atoms with Crippen molar-refractivity contribution in [3.05, 3.63) is 17.8 Å². The monoisotopic (exact) mass is 254 g/mol. The lowest BCUT2D eigenvalue weighted by atomic mass is 10.2. The second-order valence-corrected chi connectivity index (χ2v) is 4.49. The van der Waals surface area contributed by atoms with Gasteiger partial charge in [0.05, 0.1) is 18.4 Å². The van der Waals surface area contributed by atoms with Gasteiger partial charge in [0.1, 0.15) is 4.99 Å². The van der Waals surface area contributed by atoms with Crippen molar-refractivity contribution >= 4 is 23.0 Å². The first-order valence-corrected chi connectivity index (χ1v) is 5.95. The maximum absolute atomic E-state index is 5.58. The molecular formula is C11H18N4OS. The van der Waals surface area contributed by atoms with Crippen LogP contribution in [-0.4, -0.2) is 34.9 Å². The molecule has 0 unspecified atom stereocenters. The van der Waals surface area contributed by atoms with E-state index in [-0.39, 0.29) is 0 Å². The van der Waals surface area contributed by atoms with Crippen LogP contribution in [-0.2, 0) is 4.74 Å². The number of hydrogen-bond donors (Lipinski definition) is 2. The molecular weight excluding hydrogens is 236 g/mol. The SMILES string of the molecule is CC(C)COCCNc1nnccc1C(N)=S. The van der Waals surface area contributed by atoms with Crippen molar-refractivity contribution < 1.29 is 4.74 Å². The highest BCUT2D eigenvalue weighted by atomic mass is 32.1. The number of hydrogen-bond acceptors (Lipinski definition) is 5. The molecule has 0 aliphatic rings. The van der Waals surface area contributed by atoms with E-state index in [4.69, 9.17) is 22.7 Å². The van der Waals surface area contributed by atoms with Crippen LogP contribution in [0.4, 0.5) is 5.82 Å². The highest BCUT2D eigenvalue weighted by Gasteiger charge is 2.05. The maximum atomic E-state index is 5.58. The predicted octanol–water partition coefficient (Wildman–Crippen LogP) is 1.20. The first-order chi connectivity index (χ1) is 8.11. The van der Waals surface area contributed by atoms with Crippen LogP contribution in [0.2, 0.25) is 0 Å².